The molecule has 0 radical (unpaired) electrons. The van der Waals surface area contributed by atoms with Crippen molar-refractivity contribution in [3.63, 3.8) is 0 Å². The maximum atomic E-state index is 13.0. The lowest BCUT2D eigenvalue weighted by atomic mass is 10.1. The molecule has 4 rings (SSSR count). The Morgan fingerprint density at radius 1 is 1.11 bits per heavy atom. The quantitative estimate of drug-likeness (QED) is 0.687. The molecule has 0 unspecified atom stereocenters. The number of nitrogens with zero attached hydrogens (tertiary/aromatic N) is 3. The van der Waals surface area contributed by atoms with E-state index in [9.17, 15) is 9.18 Å². The van der Waals surface area contributed by atoms with Gasteiger partial charge >= 0.3 is 0 Å². The van der Waals surface area contributed by atoms with E-state index >= 15 is 0 Å². The van der Waals surface area contributed by atoms with Gasteiger partial charge in [-0.15, -0.1) is 0 Å². The maximum absolute atomic E-state index is 13.0. The Balaban J connectivity index is 1.40. The predicted octanol–water partition coefficient (Wildman–Crippen LogP) is 3.94. The van der Waals surface area contributed by atoms with Crippen molar-refractivity contribution in [1.82, 2.24) is 9.88 Å². The molecule has 0 N–H and O–H groups in total. The van der Waals surface area contributed by atoms with E-state index in [1.807, 2.05) is 4.90 Å². The van der Waals surface area contributed by atoms with Gasteiger partial charge in [0.2, 0.25) is 5.91 Å². The van der Waals surface area contributed by atoms with Crippen LogP contribution in [0.2, 0.25) is 0 Å². The maximum Gasteiger partial charge on any atom is 0.227 e. The Hall–Kier alpha value is -2.47. The van der Waals surface area contributed by atoms with E-state index in [0.717, 1.165) is 29.3 Å². The van der Waals surface area contributed by atoms with Gasteiger partial charge in [-0.1, -0.05) is 29.5 Å². The molecule has 1 aromatic heterocycles. The second-order valence-corrected chi connectivity index (χ2v) is 8.11. The van der Waals surface area contributed by atoms with Crippen molar-refractivity contribution in [3.05, 3.63) is 58.9 Å². The average molecular weight is 383 g/mol. The van der Waals surface area contributed by atoms with Gasteiger partial charge < -0.3 is 9.80 Å². The van der Waals surface area contributed by atoms with Crippen LogP contribution in [0.1, 0.15) is 16.7 Å². The van der Waals surface area contributed by atoms with Gasteiger partial charge in [0, 0.05) is 26.2 Å². The van der Waals surface area contributed by atoms with Crippen LogP contribution >= 0.6 is 11.3 Å². The van der Waals surface area contributed by atoms with E-state index in [0.29, 0.717) is 19.5 Å². The first kappa shape index (κ1) is 17.9. The van der Waals surface area contributed by atoms with Crippen LogP contribution in [0.5, 0.6) is 0 Å². The number of amides is 1. The minimum atomic E-state index is -0.277. The van der Waals surface area contributed by atoms with E-state index in [2.05, 4.69) is 30.9 Å². The number of aryl methyl sites for hydroxylation is 2. The molecular weight excluding hydrogens is 361 g/mol. The van der Waals surface area contributed by atoms with E-state index in [1.165, 1.54) is 28.0 Å². The van der Waals surface area contributed by atoms with Gasteiger partial charge in [-0.3, -0.25) is 4.79 Å². The lowest BCUT2D eigenvalue weighted by molar-refractivity contribution is -0.130. The Bertz CT molecular complexity index is 975. The van der Waals surface area contributed by atoms with E-state index in [1.54, 1.807) is 23.5 Å². The largest absolute Gasteiger partial charge is 0.345 e. The first-order chi connectivity index (χ1) is 13.0. The number of carbonyl (C=O) groups excluding carboxylic acids is 1. The number of fused-ring (bicyclic) bond motifs is 1. The monoisotopic (exact) mass is 383 g/mol. The molecule has 27 heavy (non-hydrogen) atoms. The molecule has 0 aliphatic carbocycles. The molecule has 1 amide bonds. The van der Waals surface area contributed by atoms with Crippen molar-refractivity contribution in [1.29, 1.82) is 0 Å². The summed E-state index contributed by atoms with van der Waals surface area (Å²) in [5.74, 6) is -0.182. The zero-order valence-corrected chi connectivity index (χ0v) is 16.4. The fourth-order valence-electron chi connectivity index (χ4n) is 3.53. The highest BCUT2D eigenvalue weighted by Crippen LogP contribution is 2.32. The molecule has 2 heterocycles. The summed E-state index contributed by atoms with van der Waals surface area (Å²) in [6.45, 7) is 7.16. The van der Waals surface area contributed by atoms with Crippen molar-refractivity contribution in [2.24, 2.45) is 0 Å². The molecule has 0 spiro atoms. The van der Waals surface area contributed by atoms with Gasteiger partial charge in [-0.25, -0.2) is 9.37 Å². The summed E-state index contributed by atoms with van der Waals surface area (Å²) in [5.41, 5.74) is 4.39. The van der Waals surface area contributed by atoms with Gasteiger partial charge in [0.05, 0.1) is 16.6 Å². The van der Waals surface area contributed by atoms with Gasteiger partial charge in [0.1, 0.15) is 5.82 Å². The van der Waals surface area contributed by atoms with Crippen LogP contribution in [0.15, 0.2) is 36.4 Å². The van der Waals surface area contributed by atoms with E-state index in [-0.39, 0.29) is 11.7 Å². The molecule has 1 aliphatic rings. The van der Waals surface area contributed by atoms with Gasteiger partial charge in [-0.05, 0) is 48.7 Å². The summed E-state index contributed by atoms with van der Waals surface area (Å²) >= 11 is 1.72. The summed E-state index contributed by atoms with van der Waals surface area (Å²) < 4.78 is 14.2. The summed E-state index contributed by atoms with van der Waals surface area (Å²) in [6.07, 6.45) is 0.319. The first-order valence-corrected chi connectivity index (χ1v) is 9.96. The average Bonchev–Trinajstić information content (AvgIpc) is 3.08. The number of benzene rings is 2. The van der Waals surface area contributed by atoms with Crippen molar-refractivity contribution < 1.29 is 9.18 Å². The summed E-state index contributed by atoms with van der Waals surface area (Å²) in [5, 5.41) is 1.03. The molecule has 140 valence electrons. The van der Waals surface area contributed by atoms with Crippen molar-refractivity contribution in [2.45, 2.75) is 20.3 Å². The van der Waals surface area contributed by atoms with Crippen molar-refractivity contribution in [3.8, 4) is 0 Å². The number of thiazole rings is 1. The third kappa shape index (κ3) is 3.81. The first-order valence-electron chi connectivity index (χ1n) is 9.14. The second kappa shape index (κ2) is 7.27. The Kier molecular flexibility index (Phi) is 4.83. The minimum Gasteiger partial charge on any atom is -0.345 e. The molecule has 2 aromatic carbocycles. The number of aromatic nitrogens is 1. The smallest absolute Gasteiger partial charge is 0.227 e. The number of piperazine rings is 1. The van der Waals surface area contributed by atoms with Gasteiger partial charge in [-0.2, -0.15) is 0 Å². The molecule has 0 saturated carbocycles. The van der Waals surface area contributed by atoms with Gasteiger partial charge in [0.15, 0.2) is 5.13 Å². The highest BCUT2D eigenvalue weighted by atomic mass is 32.1. The number of carbonyl (C=O) groups is 1. The van der Waals surface area contributed by atoms with Crippen LogP contribution in [-0.4, -0.2) is 42.0 Å². The number of anilines is 1. The topological polar surface area (TPSA) is 36.4 Å². The molecule has 3 aromatic rings. The molecule has 1 aliphatic heterocycles. The van der Waals surface area contributed by atoms with Crippen LogP contribution in [0.3, 0.4) is 0 Å². The Morgan fingerprint density at radius 3 is 2.52 bits per heavy atom. The molecule has 1 saturated heterocycles. The Labute approximate surface area is 162 Å². The molecule has 1 fully saturated rings. The molecule has 4 nitrogen and oxygen atoms in total. The van der Waals surface area contributed by atoms with Crippen LogP contribution in [0, 0.1) is 19.7 Å². The highest BCUT2D eigenvalue weighted by Gasteiger charge is 2.23. The van der Waals surface area contributed by atoms with Gasteiger partial charge in [0.25, 0.3) is 0 Å². The van der Waals surface area contributed by atoms with Crippen LogP contribution in [-0.2, 0) is 11.2 Å². The zero-order valence-electron chi connectivity index (χ0n) is 15.5. The summed E-state index contributed by atoms with van der Waals surface area (Å²) in [6, 6.07) is 10.5. The third-order valence-electron chi connectivity index (χ3n) is 4.99. The van der Waals surface area contributed by atoms with Crippen molar-refractivity contribution in [2.75, 3.05) is 31.1 Å². The minimum absolute atomic E-state index is 0.0945. The number of hydrogen-bond acceptors (Lipinski definition) is 4. The normalized spacial score (nSPS) is 14.8. The summed E-state index contributed by atoms with van der Waals surface area (Å²) in [4.78, 5) is 21.5. The molecular formula is C21H22FN3OS. The second-order valence-electron chi connectivity index (χ2n) is 7.10. The van der Waals surface area contributed by atoms with Crippen LogP contribution in [0.4, 0.5) is 9.52 Å². The fourth-order valence-corrected chi connectivity index (χ4v) is 4.72. The predicted molar refractivity (Wildman–Crippen MR) is 108 cm³/mol. The highest BCUT2D eigenvalue weighted by molar-refractivity contribution is 7.22. The molecule has 0 bridgehead atoms. The van der Waals surface area contributed by atoms with Crippen LogP contribution in [0.25, 0.3) is 10.2 Å². The standard InChI is InChI=1S/C21H22FN3OS/c1-14-11-15(2)20-18(12-14)27-21(23-20)25-9-7-24(8-10-25)19(26)13-16-3-5-17(22)6-4-16/h3-6,11-12H,7-10,13H2,1-2H3. The Morgan fingerprint density at radius 2 is 1.81 bits per heavy atom. The number of halogens is 1. The summed E-state index contributed by atoms with van der Waals surface area (Å²) in [7, 11) is 0. The lowest BCUT2D eigenvalue weighted by Gasteiger charge is -2.34. The van der Waals surface area contributed by atoms with Crippen molar-refractivity contribution >= 4 is 32.6 Å². The molecule has 6 heteroatoms. The molecule has 0 atom stereocenters. The van der Waals surface area contributed by atoms with E-state index in [4.69, 9.17) is 4.98 Å². The fraction of sp³-hybridized carbons (Fsp3) is 0.333. The van der Waals surface area contributed by atoms with Crippen LogP contribution < -0.4 is 4.90 Å². The SMILES string of the molecule is Cc1cc(C)c2nc(N3CCN(C(=O)Cc4ccc(F)cc4)CC3)sc2c1. The number of rotatable bonds is 3. The lowest BCUT2D eigenvalue weighted by Crippen LogP contribution is -2.49. The van der Waals surface area contributed by atoms with E-state index < -0.39 is 0 Å². The third-order valence-corrected chi connectivity index (χ3v) is 6.05. The zero-order chi connectivity index (χ0) is 19.0. The number of hydrogen-bond donors (Lipinski definition) is 0.